The number of Topliss-reactive ketones (excluding diaryl/α,β-unsaturated/α-hetero) is 1. The van der Waals surface area contributed by atoms with Crippen LogP contribution in [0.1, 0.15) is 54.9 Å². The van der Waals surface area contributed by atoms with Crippen LogP contribution in [0.5, 0.6) is 5.75 Å². The number of hydrogen-bond acceptors (Lipinski definition) is 5. The van der Waals surface area contributed by atoms with Gasteiger partial charge in [-0.15, -0.1) is 0 Å². The van der Waals surface area contributed by atoms with Crippen LogP contribution in [0, 0.1) is 0 Å². The van der Waals surface area contributed by atoms with Gasteiger partial charge in [0.05, 0.1) is 0 Å². The molecule has 0 radical (unpaired) electrons. The van der Waals surface area contributed by atoms with E-state index in [4.69, 9.17) is 9.15 Å². The van der Waals surface area contributed by atoms with Gasteiger partial charge in [-0.3, -0.25) is 14.2 Å². The molecule has 0 spiro atoms. The van der Waals surface area contributed by atoms with E-state index in [1.54, 1.807) is 24.3 Å². The third-order valence-corrected chi connectivity index (χ3v) is 7.98. The summed E-state index contributed by atoms with van der Waals surface area (Å²) in [6.45, 7) is 3.54. The summed E-state index contributed by atoms with van der Waals surface area (Å²) in [7, 11) is -3.18. The summed E-state index contributed by atoms with van der Waals surface area (Å²) < 4.78 is 23.5. The topological polar surface area (TPSA) is 106 Å². The van der Waals surface area contributed by atoms with Crippen LogP contribution in [0.4, 0.5) is 0 Å². The third-order valence-electron chi connectivity index (χ3n) is 6.93. The first-order valence-electron chi connectivity index (χ1n) is 14.2. The summed E-state index contributed by atoms with van der Waals surface area (Å²) in [5.41, 5.74) is 3.11. The summed E-state index contributed by atoms with van der Waals surface area (Å²) in [6, 6.07) is 24.4. The van der Waals surface area contributed by atoms with Gasteiger partial charge in [-0.25, -0.2) is 0 Å². The summed E-state index contributed by atoms with van der Waals surface area (Å²) in [4.78, 5) is 35.1. The molecule has 0 bridgehead atoms. The third kappa shape index (κ3) is 9.17. The van der Waals surface area contributed by atoms with E-state index in [1.165, 1.54) is 6.66 Å². The molecule has 0 saturated heterocycles. The second-order valence-electron chi connectivity index (χ2n) is 10.5. The van der Waals surface area contributed by atoms with E-state index in [1.807, 2.05) is 54.6 Å². The molecule has 0 aliphatic rings. The van der Waals surface area contributed by atoms with Crippen LogP contribution in [0.15, 0.2) is 83.3 Å². The highest BCUT2D eigenvalue weighted by atomic mass is 31.2. The summed E-state index contributed by atoms with van der Waals surface area (Å²) in [5.74, 6) is 0.984. The van der Waals surface area contributed by atoms with Crippen molar-refractivity contribution in [3.8, 4) is 17.1 Å². The average Bonchev–Trinajstić information content (AvgIpc) is 3.39. The Kier molecular flexibility index (Phi) is 10.6. The van der Waals surface area contributed by atoms with E-state index in [0.717, 1.165) is 53.5 Å². The largest absolute Gasteiger partial charge is 0.483 e. The van der Waals surface area contributed by atoms with Gasteiger partial charge in [-0.2, -0.15) is 0 Å². The Morgan fingerprint density at radius 3 is 2.39 bits per heavy atom. The summed E-state index contributed by atoms with van der Waals surface area (Å²) in [5, 5.41) is 3.70. The molecule has 7 nitrogen and oxygen atoms in total. The van der Waals surface area contributed by atoms with Gasteiger partial charge in [0, 0.05) is 42.3 Å². The molecule has 2 N–H and O–H groups in total. The molecule has 4 aromatic rings. The van der Waals surface area contributed by atoms with E-state index < -0.39 is 13.5 Å². The number of benzene rings is 3. The Morgan fingerprint density at radius 1 is 0.976 bits per heavy atom. The number of hydrogen-bond donors (Lipinski definition) is 2. The van der Waals surface area contributed by atoms with Crippen molar-refractivity contribution >= 4 is 30.0 Å². The lowest BCUT2D eigenvalue weighted by molar-refractivity contribution is -0.125. The van der Waals surface area contributed by atoms with Crippen molar-refractivity contribution in [2.75, 3.05) is 19.4 Å². The Labute approximate surface area is 241 Å². The molecule has 0 fully saturated rings. The van der Waals surface area contributed by atoms with Crippen LogP contribution in [-0.4, -0.2) is 42.1 Å². The molecule has 1 amide bonds. The van der Waals surface area contributed by atoms with Gasteiger partial charge >= 0.3 is 0 Å². The molecule has 1 heterocycles. The Balaban J connectivity index is 1.39. The maximum absolute atomic E-state index is 13.4. The molecular formula is C33H38NO6P. The quantitative estimate of drug-likeness (QED) is 0.114. The van der Waals surface area contributed by atoms with Crippen LogP contribution < -0.4 is 10.1 Å². The number of para-hydroxylation sites is 1. The standard InChI is InChI=1S/C33H38NO6P/c1-3-4-5-6-11-31(39-28-18-16-26(17-19-28)33(36)34-20-21-41(2,37)38)29(35)22-24-12-14-25(15-13-24)32-23-27-9-7-8-10-30(27)40-32/h7-10,12-19,23,31H,3-6,11,20-22H2,1-2H3,(H,34,36)(H,37,38). The SMILES string of the molecule is CCCCCCC(Oc1ccc(C(=O)NCCP(C)(=O)O)cc1)C(=O)Cc1ccc(-c2cc3ccccc3o2)cc1. The van der Waals surface area contributed by atoms with Gasteiger partial charge in [-0.1, -0.05) is 68.7 Å². The Bertz CT molecular complexity index is 1450. The van der Waals surface area contributed by atoms with Gasteiger partial charge in [0.25, 0.3) is 5.91 Å². The predicted octanol–water partition coefficient (Wildman–Crippen LogP) is 7.26. The van der Waals surface area contributed by atoms with E-state index in [9.17, 15) is 19.0 Å². The molecule has 2 atom stereocenters. The van der Waals surface area contributed by atoms with Crippen molar-refractivity contribution in [3.63, 3.8) is 0 Å². The second kappa shape index (κ2) is 14.3. The summed E-state index contributed by atoms with van der Waals surface area (Å²) in [6.07, 6.45) is 4.44. The lowest BCUT2D eigenvalue weighted by atomic mass is 9.99. The highest BCUT2D eigenvalue weighted by Crippen LogP contribution is 2.33. The average molecular weight is 576 g/mol. The fourth-order valence-corrected chi connectivity index (χ4v) is 5.12. The molecule has 216 valence electrons. The number of carbonyl (C=O) groups excluding carboxylic acids is 2. The molecule has 2 unspecified atom stereocenters. The van der Waals surface area contributed by atoms with E-state index in [0.29, 0.717) is 17.7 Å². The van der Waals surface area contributed by atoms with Crippen molar-refractivity contribution in [2.24, 2.45) is 0 Å². The number of rotatable bonds is 15. The molecule has 0 aliphatic carbocycles. The van der Waals surface area contributed by atoms with Crippen molar-refractivity contribution in [3.05, 3.63) is 90.0 Å². The van der Waals surface area contributed by atoms with E-state index in [-0.39, 0.29) is 30.8 Å². The molecule has 0 aliphatic heterocycles. The predicted molar refractivity (Wildman–Crippen MR) is 163 cm³/mol. The number of ketones is 1. The number of nitrogens with one attached hydrogen (secondary N) is 1. The monoisotopic (exact) mass is 575 g/mol. The molecule has 41 heavy (non-hydrogen) atoms. The Hall–Kier alpha value is -3.67. The molecular weight excluding hydrogens is 537 g/mol. The first-order valence-corrected chi connectivity index (χ1v) is 16.5. The number of fused-ring (bicyclic) bond motifs is 1. The first-order chi connectivity index (χ1) is 19.7. The van der Waals surface area contributed by atoms with Crippen LogP contribution in [-0.2, 0) is 15.8 Å². The minimum Gasteiger partial charge on any atom is -0.483 e. The number of carbonyl (C=O) groups is 2. The van der Waals surface area contributed by atoms with Gasteiger partial charge in [0.15, 0.2) is 19.3 Å². The number of unbranched alkanes of at least 4 members (excludes halogenated alkanes) is 3. The fraction of sp³-hybridized carbons (Fsp3) is 0.333. The number of furan rings is 1. The van der Waals surface area contributed by atoms with Crippen LogP contribution in [0.3, 0.4) is 0 Å². The van der Waals surface area contributed by atoms with E-state index >= 15 is 0 Å². The van der Waals surface area contributed by atoms with Crippen molar-refractivity contribution in [1.29, 1.82) is 0 Å². The lowest BCUT2D eigenvalue weighted by Crippen LogP contribution is -2.29. The Morgan fingerprint density at radius 2 is 1.71 bits per heavy atom. The van der Waals surface area contributed by atoms with Crippen LogP contribution in [0.25, 0.3) is 22.3 Å². The minimum atomic E-state index is -3.18. The maximum atomic E-state index is 13.4. The first kappa shape index (κ1) is 30.3. The lowest BCUT2D eigenvalue weighted by Gasteiger charge is -2.19. The van der Waals surface area contributed by atoms with Gasteiger partial charge < -0.3 is 19.4 Å². The zero-order valence-electron chi connectivity index (χ0n) is 23.7. The smallest absolute Gasteiger partial charge is 0.251 e. The zero-order valence-corrected chi connectivity index (χ0v) is 24.6. The highest BCUT2D eigenvalue weighted by Gasteiger charge is 2.21. The fourth-order valence-electron chi connectivity index (χ4n) is 4.60. The van der Waals surface area contributed by atoms with Crippen LogP contribution >= 0.6 is 7.37 Å². The highest BCUT2D eigenvalue weighted by molar-refractivity contribution is 7.57. The molecule has 1 aromatic heterocycles. The normalized spacial score (nSPS) is 13.4. The molecule has 8 heteroatoms. The van der Waals surface area contributed by atoms with Crippen molar-refractivity contribution in [2.45, 2.75) is 51.6 Å². The zero-order chi connectivity index (χ0) is 29.2. The van der Waals surface area contributed by atoms with Gasteiger partial charge in [0.1, 0.15) is 17.1 Å². The molecule has 0 saturated carbocycles. The van der Waals surface area contributed by atoms with Gasteiger partial charge in [-0.05, 0) is 54.8 Å². The number of amides is 1. The van der Waals surface area contributed by atoms with E-state index in [2.05, 4.69) is 12.2 Å². The van der Waals surface area contributed by atoms with Crippen LogP contribution in [0.2, 0.25) is 0 Å². The van der Waals surface area contributed by atoms with Crippen molar-refractivity contribution < 1.29 is 28.2 Å². The van der Waals surface area contributed by atoms with Crippen molar-refractivity contribution in [1.82, 2.24) is 5.32 Å². The number of ether oxygens (including phenoxy) is 1. The van der Waals surface area contributed by atoms with Gasteiger partial charge in [0.2, 0.25) is 0 Å². The maximum Gasteiger partial charge on any atom is 0.251 e. The second-order valence-corrected chi connectivity index (χ2v) is 13.0. The minimum absolute atomic E-state index is 0.00723. The summed E-state index contributed by atoms with van der Waals surface area (Å²) >= 11 is 0. The molecule has 4 rings (SSSR count). The molecule has 3 aromatic carbocycles.